The minimum Gasteiger partial charge on any atom is -0.307 e. The number of rotatable bonds is 11. The second kappa shape index (κ2) is 23.5. The fraction of sp³-hybridized carbons (Fsp3) is 0.0241. The zero-order valence-corrected chi connectivity index (χ0v) is 50.7. The van der Waals surface area contributed by atoms with Gasteiger partial charge in [-0.05, 0) is 119 Å². The summed E-state index contributed by atoms with van der Waals surface area (Å²) < 4.78 is 98.0. The third-order valence-corrected chi connectivity index (χ3v) is 17.9. The van der Waals surface area contributed by atoms with E-state index in [2.05, 4.69) is 30.3 Å². The molecule has 0 N–H and O–H groups in total. The van der Waals surface area contributed by atoms with E-state index in [1.165, 1.54) is 12.1 Å². The van der Waals surface area contributed by atoms with Crippen molar-refractivity contribution in [2.45, 2.75) is 12.4 Å². The molecule has 0 saturated heterocycles. The molecule has 6 aromatic heterocycles. The Morgan fingerprint density at radius 3 is 0.854 bits per heavy atom. The molecule has 6 heterocycles. The molecule has 13 heteroatoms. The molecule has 0 bridgehead atoms. The van der Waals surface area contributed by atoms with Crippen LogP contribution in [-0.2, 0) is 12.4 Å². The summed E-state index contributed by atoms with van der Waals surface area (Å²) in [4.78, 5) is 19.5. The molecule has 0 fully saturated rings. The molecule has 458 valence electrons. The van der Waals surface area contributed by atoms with Crippen LogP contribution in [0.1, 0.15) is 16.7 Å². The molecule has 0 spiro atoms. The molecule has 0 aliphatic rings. The van der Waals surface area contributed by atoms with Crippen molar-refractivity contribution < 1.29 is 26.3 Å². The smallest absolute Gasteiger partial charge is 0.307 e. The van der Waals surface area contributed by atoms with Crippen molar-refractivity contribution in [1.29, 1.82) is 5.26 Å². The minimum absolute atomic E-state index is 0.177. The highest BCUT2D eigenvalue weighted by atomic mass is 19.4. The number of nitrogens with zero attached hydrogens (tertiary/aromatic N) is 7. The predicted octanol–water partition coefficient (Wildman–Crippen LogP) is 22.4. The topological polar surface area (TPSA) is 85.2 Å². The maximum Gasteiger partial charge on any atom is 0.417 e. The zero-order valence-electron chi connectivity index (χ0n) is 50.7. The number of alkyl halides is 6. The maximum atomic E-state index is 15.7. The van der Waals surface area contributed by atoms with E-state index in [9.17, 15) is 5.26 Å². The van der Waals surface area contributed by atoms with E-state index in [4.69, 9.17) is 19.9 Å². The molecule has 10 aromatic carbocycles. The fourth-order valence-electron chi connectivity index (χ4n) is 13.6. The first kappa shape index (κ1) is 58.5. The molecule has 0 aliphatic heterocycles. The Morgan fingerprint density at radius 2 is 0.573 bits per heavy atom. The first-order valence-corrected chi connectivity index (χ1v) is 30.9. The standard InChI is InChI=1S/C83H49F6N7/c84-82(85,86)69-30-13-31-70(83(87,88)89)77(69)64-49-76(96-73-38-34-57(62-28-16-42-93-80(62)53-22-9-3-10-23-53)46-67(73)68-47-58(35-39-74(68)96)63-29-17-43-94-81(63)54-24-11-4-12-25-54)75(48-59(64)50-90)95-71-36-32-55(60-26-14-40-91-78(60)51-18-5-1-6-19-51)44-65(71)66-45-56(33-37-72(66)95)61-27-15-41-92-79(61)52-20-7-2-8-21-52/h1-49H. The lowest BCUT2D eigenvalue weighted by Gasteiger charge is -2.23. The summed E-state index contributed by atoms with van der Waals surface area (Å²) in [6.07, 6.45) is -3.59. The highest BCUT2D eigenvalue weighted by Gasteiger charge is 2.42. The van der Waals surface area contributed by atoms with E-state index in [0.717, 1.165) is 106 Å². The number of halogens is 6. The number of fused-ring (bicyclic) bond motifs is 6. The molecule has 0 saturated carbocycles. The Balaban J connectivity index is 1.04. The molecule has 0 amide bonds. The number of pyridine rings is 4. The lowest BCUT2D eigenvalue weighted by molar-refractivity contribution is -0.142. The summed E-state index contributed by atoms with van der Waals surface area (Å²) in [7, 11) is 0. The quantitative estimate of drug-likeness (QED) is 0.120. The van der Waals surface area contributed by atoms with Gasteiger partial charge < -0.3 is 9.13 Å². The van der Waals surface area contributed by atoms with Gasteiger partial charge in [-0.2, -0.15) is 31.6 Å². The van der Waals surface area contributed by atoms with Crippen molar-refractivity contribution in [1.82, 2.24) is 29.1 Å². The lowest BCUT2D eigenvalue weighted by atomic mass is 9.89. The summed E-state index contributed by atoms with van der Waals surface area (Å²) in [6.45, 7) is 0. The Morgan fingerprint density at radius 1 is 0.281 bits per heavy atom. The number of aromatic nitrogens is 6. The van der Waals surface area contributed by atoms with Gasteiger partial charge in [0.2, 0.25) is 0 Å². The third-order valence-electron chi connectivity index (χ3n) is 17.9. The van der Waals surface area contributed by atoms with Crippen LogP contribution in [0.4, 0.5) is 26.3 Å². The van der Waals surface area contributed by atoms with Gasteiger partial charge in [-0.15, -0.1) is 0 Å². The van der Waals surface area contributed by atoms with Crippen molar-refractivity contribution >= 4 is 43.6 Å². The van der Waals surface area contributed by atoms with Crippen molar-refractivity contribution in [2.24, 2.45) is 0 Å². The van der Waals surface area contributed by atoms with E-state index in [1.807, 2.05) is 228 Å². The van der Waals surface area contributed by atoms with Crippen LogP contribution in [-0.4, -0.2) is 29.1 Å². The Labute approximate surface area is 546 Å². The van der Waals surface area contributed by atoms with Crippen LogP contribution in [0.2, 0.25) is 0 Å². The SMILES string of the molecule is N#Cc1cc(-n2c3ccc(-c4cccnc4-c4ccccc4)cc3c3cc(-c4cccnc4-c4ccccc4)ccc32)c(-n2c3ccc(-c4cccnc4-c4ccccc4)cc3c3cc(-c4cccnc4-c4ccccc4)ccc32)cc1-c1c(C(F)(F)F)cccc1C(F)(F)F. The maximum absolute atomic E-state index is 15.7. The number of hydrogen-bond donors (Lipinski definition) is 0. The van der Waals surface area contributed by atoms with Gasteiger partial charge >= 0.3 is 12.4 Å². The zero-order chi connectivity index (χ0) is 65.2. The van der Waals surface area contributed by atoms with Crippen LogP contribution < -0.4 is 0 Å². The van der Waals surface area contributed by atoms with Crippen LogP contribution in [0.25, 0.3) is 156 Å². The van der Waals surface area contributed by atoms with Crippen LogP contribution in [0, 0.1) is 11.3 Å². The first-order chi connectivity index (χ1) is 46.9. The molecule has 0 atom stereocenters. The van der Waals surface area contributed by atoms with Crippen LogP contribution in [0.5, 0.6) is 0 Å². The van der Waals surface area contributed by atoms with Gasteiger partial charge in [0.25, 0.3) is 0 Å². The number of nitriles is 1. The molecule has 0 unspecified atom stereocenters. The highest BCUT2D eigenvalue weighted by Crippen LogP contribution is 2.50. The van der Waals surface area contributed by atoms with Crippen LogP contribution >= 0.6 is 0 Å². The number of hydrogen-bond acceptors (Lipinski definition) is 5. The summed E-state index contributed by atoms with van der Waals surface area (Å²) in [5.74, 6) is 0. The molecule has 0 aliphatic carbocycles. The predicted molar refractivity (Wildman–Crippen MR) is 370 cm³/mol. The van der Waals surface area contributed by atoms with Gasteiger partial charge in [-0.3, -0.25) is 19.9 Å². The molecule has 7 nitrogen and oxygen atoms in total. The third kappa shape index (κ3) is 10.2. The molecular weight excluding hydrogens is 1210 g/mol. The minimum atomic E-state index is -5.29. The van der Waals surface area contributed by atoms with E-state index in [1.54, 1.807) is 24.8 Å². The Hall–Kier alpha value is -12.5. The highest BCUT2D eigenvalue weighted by molar-refractivity contribution is 6.15. The van der Waals surface area contributed by atoms with Gasteiger partial charge in [0.05, 0.1) is 79.0 Å². The summed E-state index contributed by atoms with van der Waals surface area (Å²) in [5.41, 5.74) is 10.6. The number of benzene rings is 10. The van der Waals surface area contributed by atoms with Crippen LogP contribution in [0.15, 0.2) is 298 Å². The normalized spacial score (nSPS) is 11.8. The second-order valence-electron chi connectivity index (χ2n) is 23.4. The fourth-order valence-corrected chi connectivity index (χ4v) is 13.6. The van der Waals surface area contributed by atoms with E-state index in [0.29, 0.717) is 45.0 Å². The van der Waals surface area contributed by atoms with Crippen molar-refractivity contribution in [3.8, 4) is 118 Å². The van der Waals surface area contributed by atoms with Crippen LogP contribution in [0.3, 0.4) is 0 Å². The van der Waals surface area contributed by atoms with E-state index >= 15 is 26.3 Å². The van der Waals surface area contributed by atoms with E-state index < -0.39 is 40.2 Å². The van der Waals surface area contributed by atoms with Gasteiger partial charge in [0.15, 0.2) is 0 Å². The Kier molecular flexibility index (Phi) is 14.4. The van der Waals surface area contributed by atoms with Crippen molar-refractivity contribution in [3.63, 3.8) is 0 Å². The van der Waals surface area contributed by atoms with Gasteiger partial charge in [-0.25, -0.2) is 0 Å². The molecule has 16 aromatic rings. The second-order valence-corrected chi connectivity index (χ2v) is 23.4. The molecular formula is C83H49F6N7. The Bertz CT molecular complexity index is 5440. The molecule has 16 rings (SSSR count). The average molecular weight is 1260 g/mol. The largest absolute Gasteiger partial charge is 0.417 e. The monoisotopic (exact) mass is 1260 g/mol. The molecule has 96 heavy (non-hydrogen) atoms. The van der Waals surface area contributed by atoms with Crippen molar-refractivity contribution in [3.05, 3.63) is 314 Å². The lowest BCUT2D eigenvalue weighted by Crippen LogP contribution is -2.15. The molecule has 0 radical (unpaired) electrons. The summed E-state index contributed by atoms with van der Waals surface area (Å²) >= 11 is 0. The van der Waals surface area contributed by atoms with Gasteiger partial charge in [0, 0.05) is 102 Å². The van der Waals surface area contributed by atoms with E-state index in [-0.39, 0.29) is 11.4 Å². The average Bonchev–Trinajstić information content (AvgIpc) is 1.53. The summed E-state index contributed by atoms with van der Waals surface area (Å²) in [5, 5.41) is 14.4. The first-order valence-electron chi connectivity index (χ1n) is 30.9. The van der Waals surface area contributed by atoms with Crippen molar-refractivity contribution in [2.75, 3.05) is 0 Å². The summed E-state index contributed by atoms with van der Waals surface area (Å²) in [6, 6.07) is 85.7. The van der Waals surface area contributed by atoms with Gasteiger partial charge in [0.1, 0.15) is 0 Å². The van der Waals surface area contributed by atoms with Gasteiger partial charge in [-0.1, -0.05) is 176 Å².